The maximum atomic E-state index is 12.6. The van der Waals surface area contributed by atoms with E-state index in [0.29, 0.717) is 10.6 Å². The molecule has 0 aliphatic carbocycles. The first-order chi connectivity index (χ1) is 10.9. The number of hydrogen-bond acceptors (Lipinski definition) is 3. The predicted molar refractivity (Wildman–Crippen MR) is 89.0 cm³/mol. The van der Waals surface area contributed by atoms with Crippen LogP contribution in [0.25, 0.3) is 0 Å². The fourth-order valence-corrected chi connectivity index (χ4v) is 3.02. The lowest BCUT2D eigenvalue weighted by Crippen LogP contribution is -2.14. The number of nitrogens with one attached hydrogen (secondary N) is 1. The van der Waals surface area contributed by atoms with E-state index in [1.165, 1.54) is 6.07 Å². The molecule has 0 aliphatic rings. The van der Waals surface area contributed by atoms with Crippen molar-refractivity contribution in [3.8, 4) is 0 Å². The van der Waals surface area contributed by atoms with E-state index < -0.39 is 11.7 Å². The summed E-state index contributed by atoms with van der Waals surface area (Å²) in [6, 6.07) is 12.3. The van der Waals surface area contributed by atoms with E-state index in [0.717, 1.165) is 28.8 Å². The van der Waals surface area contributed by atoms with Crippen molar-refractivity contribution >= 4 is 35.1 Å². The first-order valence-corrected chi connectivity index (χ1v) is 8.83. The number of rotatable bonds is 5. The lowest BCUT2D eigenvalue weighted by molar-refractivity contribution is -0.137. The second kappa shape index (κ2) is 7.79. The van der Waals surface area contributed by atoms with Crippen molar-refractivity contribution in [3.63, 3.8) is 0 Å². The minimum atomic E-state index is -4.38. The standard InChI is InChI=1S/C16H14F3NOS2/c1-22-13-6-3-5-12(9-13)20-15(21)10-23-14-7-2-4-11(8-14)16(17,18)19/h2-9H,10H2,1H3,(H,20,21). The number of anilines is 1. The summed E-state index contributed by atoms with van der Waals surface area (Å²) in [4.78, 5) is 13.3. The Morgan fingerprint density at radius 3 is 2.48 bits per heavy atom. The molecular formula is C16H14F3NOS2. The maximum Gasteiger partial charge on any atom is 0.416 e. The Hall–Kier alpha value is -1.60. The third-order valence-electron chi connectivity index (χ3n) is 2.88. The molecule has 2 nitrogen and oxygen atoms in total. The van der Waals surface area contributed by atoms with E-state index >= 15 is 0 Å². The van der Waals surface area contributed by atoms with Gasteiger partial charge in [-0.1, -0.05) is 12.1 Å². The van der Waals surface area contributed by atoms with E-state index in [-0.39, 0.29) is 11.7 Å². The van der Waals surface area contributed by atoms with Crippen LogP contribution in [0, 0.1) is 0 Å². The topological polar surface area (TPSA) is 29.1 Å². The molecule has 0 saturated heterocycles. The SMILES string of the molecule is CSc1cccc(NC(=O)CSc2cccc(C(F)(F)F)c2)c1. The van der Waals surface area contributed by atoms with Gasteiger partial charge in [0, 0.05) is 15.5 Å². The van der Waals surface area contributed by atoms with Crippen LogP contribution in [0.3, 0.4) is 0 Å². The van der Waals surface area contributed by atoms with Gasteiger partial charge in [-0.25, -0.2) is 0 Å². The highest BCUT2D eigenvalue weighted by molar-refractivity contribution is 8.00. The Balaban J connectivity index is 1.94. The monoisotopic (exact) mass is 357 g/mol. The molecule has 1 amide bonds. The maximum absolute atomic E-state index is 12.6. The van der Waals surface area contributed by atoms with Gasteiger partial charge in [-0.05, 0) is 42.7 Å². The highest BCUT2D eigenvalue weighted by Gasteiger charge is 2.30. The third kappa shape index (κ3) is 5.51. The average Bonchev–Trinajstić information content (AvgIpc) is 2.52. The Morgan fingerprint density at radius 2 is 1.78 bits per heavy atom. The smallest absolute Gasteiger partial charge is 0.325 e. The van der Waals surface area contributed by atoms with Gasteiger partial charge in [0.05, 0.1) is 11.3 Å². The van der Waals surface area contributed by atoms with Gasteiger partial charge in [-0.3, -0.25) is 4.79 Å². The van der Waals surface area contributed by atoms with Crippen molar-refractivity contribution in [2.45, 2.75) is 16.0 Å². The molecule has 0 atom stereocenters. The summed E-state index contributed by atoms with van der Waals surface area (Å²) in [5.41, 5.74) is -0.0397. The van der Waals surface area contributed by atoms with Crippen LogP contribution in [-0.4, -0.2) is 17.9 Å². The molecule has 0 aromatic heterocycles. The first kappa shape index (κ1) is 17.7. The summed E-state index contributed by atoms with van der Waals surface area (Å²) in [6.07, 6.45) is -2.44. The molecule has 0 spiro atoms. The van der Waals surface area contributed by atoms with Crippen molar-refractivity contribution in [3.05, 3.63) is 54.1 Å². The van der Waals surface area contributed by atoms with E-state index in [2.05, 4.69) is 5.32 Å². The second-order valence-electron chi connectivity index (χ2n) is 4.59. The molecule has 0 radical (unpaired) electrons. The van der Waals surface area contributed by atoms with Crippen LogP contribution >= 0.6 is 23.5 Å². The molecule has 0 unspecified atom stereocenters. The van der Waals surface area contributed by atoms with Gasteiger partial charge in [0.25, 0.3) is 0 Å². The number of benzene rings is 2. The van der Waals surface area contributed by atoms with E-state index in [1.54, 1.807) is 23.9 Å². The van der Waals surface area contributed by atoms with Crippen molar-refractivity contribution < 1.29 is 18.0 Å². The molecule has 122 valence electrons. The van der Waals surface area contributed by atoms with Crippen LogP contribution in [0.4, 0.5) is 18.9 Å². The number of alkyl halides is 3. The van der Waals surface area contributed by atoms with Crippen LogP contribution in [0.1, 0.15) is 5.56 Å². The molecule has 2 aromatic carbocycles. The van der Waals surface area contributed by atoms with Gasteiger partial charge in [-0.15, -0.1) is 23.5 Å². The lowest BCUT2D eigenvalue weighted by atomic mass is 10.2. The van der Waals surface area contributed by atoms with E-state index in [4.69, 9.17) is 0 Å². The van der Waals surface area contributed by atoms with Gasteiger partial charge < -0.3 is 5.32 Å². The summed E-state index contributed by atoms with van der Waals surface area (Å²) in [5, 5.41) is 2.74. The van der Waals surface area contributed by atoms with Crippen molar-refractivity contribution in [2.24, 2.45) is 0 Å². The fourth-order valence-electron chi connectivity index (χ4n) is 1.81. The molecule has 0 saturated carbocycles. The quantitative estimate of drug-likeness (QED) is 0.750. The molecule has 0 aliphatic heterocycles. The minimum absolute atomic E-state index is 0.0464. The van der Waals surface area contributed by atoms with Crippen molar-refractivity contribution in [2.75, 3.05) is 17.3 Å². The van der Waals surface area contributed by atoms with E-state index in [9.17, 15) is 18.0 Å². The number of carbonyl (C=O) groups is 1. The normalized spacial score (nSPS) is 11.3. The van der Waals surface area contributed by atoms with Gasteiger partial charge in [-0.2, -0.15) is 13.2 Å². The molecule has 2 aromatic rings. The molecular weight excluding hydrogens is 343 g/mol. The zero-order valence-corrected chi connectivity index (χ0v) is 13.8. The number of hydrogen-bond donors (Lipinski definition) is 1. The number of thioether (sulfide) groups is 2. The Kier molecular flexibility index (Phi) is 6.01. The molecule has 1 N–H and O–H groups in total. The summed E-state index contributed by atoms with van der Waals surface area (Å²) in [7, 11) is 0. The van der Waals surface area contributed by atoms with Gasteiger partial charge in [0.1, 0.15) is 0 Å². The van der Waals surface area contributed by atoms with Gasteiger partial charge in [0.2, 0.25) is 5.91 Å². The zero-order valence-electron chi connectivity index (χ0n) is 12.2. The molecule has 7 heteroatoms. The lowest BCUT2D eigenvalue weighted by Gasteiger charge is -2.09. The van der Waals surface area contributed by atoms with Crippen molar-refractivity contribution in [1.29, 1.82) is 0 Å². The molecule has 0 bridgehead atoms. The number of halogens is 3. The largest absolute Gasteiger partial charge is 0.416 e. The highest BCUT2D eigenvalue weighted by atomic mass is 32.2. The Bertz CT molecular complexity index is 689. The minimum Gasteiger partial charge on any atom is -0.325 e. The van der Waals surface area contributed by atoms with E-state index in [1.807, 2.05) is 24.5 Å². The summed E-state index contributed by atoms with van der Waals surface area (Å²) in [5.74, 6) is -0.212. The molecule has 0 heterocycles. The van der Waals surface area contributed by atoms with Gasteiger partial charge >= 0.3 is 6.18 Å². The van der Waals surface area contributed by atoms with Crippen LogP contribution in [0.15, 0.2) is 58.3 Å². The van der Waals surface area contributed by atoms with Crippen LogP contribution in [-0.2, 0) is 11.0 Å². The predicted octanol–water partition coefficient (Wildman–Crippen LogP) is 5.16. The third-order valence-corrected chi connectivity index (χ3v) is 4.60. The van der Waals surface area contributed by atoms with Crippen LogP contribution in [0.5, 0.6) is 0 Å². The van der Waals surface area contributed by atoms with Crippen LogP contribution < -0.4 is 5.32 Å². The second-order valence-corrected chi connectivity index (χ2v) is 6.52. The number of amides is 1. The summed E-state index contributed by atoms with van der Waals surface area (Å²) < 4.78 is 37.9. The fraction of sp³-hybridized carbons (Fsp3) is 0.188. The highest BCUT2D eigenvalue weighted by Crippen LogP contribution is 2.31. The number of carbonyl (C=O) groups excluding carboxylic acids is 1. The molecule has 0 fully saturated rings. The van der Waals surface area contributed by atoms with Gasteiger partial charge in [0.15, 0.2) is 0 Å². The molecule has 2 rings (SSSR count). The summed E-state index contributed by atoms with van der Waals surface area (Å²) >= 11 is 2.63. The Morgan fingerprint density at radius 1 is 1.09 bits per heavy atom. The Labute approximate surface area is 140 Å². The summed E-state index contributed by atoms with van der Waals surface area (Å²) in [6.45, 7) is 0. The average molecular weight is 357 g/mol. The van der Waals surface area contributed by atoms with Crippen molar-refractivity contribution in [1.82, 2.24) is 0 Å². The molecule has 23 heavy (non-hydrogen) atoms. The zero-order chi connectivity index (χ0) is 16.9. The van der Waals surface area contributed by atoms with Crippen LogP contribution in [0.2, 0.25) is 0 Å². The first-order valence-electron chi connectivity index (χ1n) is 6.62.